The molecule has 17 heavy (non-hydrogen) atoms. The monoisotopic (exact) mass is 247 g/mol. The molecule has 0 aromatic heterocycles. The van der Waals surface area contributed by atoms with Gasteiger partial charge in [-0.2, -0.15) is 0 Å². The van der Waals surface area contributed by atoms with Gasteiger partial charge in [-0.15, -0.1) is 13.2 Å². The average molecular weight is 247 g/mol. The van der Waals surface area contributed by atoms with Crippen molar-refractivity contribution in [1.29, 1.82) is 0 Å². The van der Waals surface area contributed by atoms with E-state index in [4.69, 9.17) is 5.73 Å². The normalized spacial score (nSPS) is 11.5. The number of nitrogens with two attached hydrogens (primary N) is 1. The summed E-state index contributed by atoms with van der Waals surface area (Å²) in [5.74, 6) is -0.104. The minimum atomic E-state index is -4.63. The van der Waals surface area contributed by atoms with Crippen molar-refractivity contribution < 1.29 is 17.9 Å². The first-order valence-electron chi connectivity index (χ1n) is 5.56. The van der Waals surface area contributed by atoms with E-state index in [1.165, 1.54) is 12.1 Å². The molecular formula is C12H16F3NO. The number of alkyl halides is 3. The van der Waals surface area contributed by atoms with Crippen LogP contribution in [0.2, 0.25) is 0 Å². The van der Waals surface area contributed by atoms with Gasteiger partial charge in [-0.05, 0) is 37.4 Å². The molecule has 96 valence electrons. The molecule has 0 aliphatic heterocycles. The summed E-state index contributed by atoms with van der Waals surface area (Å²) in [7, 11) is 0. The number of ether oxygens (including phenoxy) is 1. The molecule has 0 saturated heterocycles. The topological polar surface area (TPSA) is 35.2 Å². The Labute approximate surface area is 98.6 Å². The number of para-hydroxylation sites is 1. The summed E-state index contributed by atoms with van der Waals surface area (Å²) in [6.45, 7) is 0.612. The second-order valence-corrected chi connectivity index (χ2v) is 3.75. The maximum Gasteiger partial charge on any atom is 0.573 e. The molecule has 0 aliphatic carbocycles. The lowest BCUT2D eigenvalue weighted by atomic mass is 10.1. The van der Waals surface area contributed by atoms with E-state index in [0.717, 1.165) is 19.3 Å². The van der Waals surface area contributed by atoms with Crippen LogP contribution >= 0.6 is 0 Å². The molecule has 5 heteroatoms. The molecule has 0 aliphatic rings. The van der Waals surface area contributed by atoms with Gasteiger partial charge in [0.2, 0.25) is 0 Å². The molecule has 0 unspecified atom stereocenters. The number of benzene rings is 1. The van der Waals surface area contributed by atoms with Crippen molar-refractivity contribution in [3.63, 3.8) is 0 Å². The first-order chi connectivity index (χ1) is 8.03. The van der Waals surface area contributed by atoms with E-state index < -0.39 is 6.36 Å². The third kappa shape index (κ3) is 5.58. The first-order valence-corrected chi connectivity index (χ1v) is 5.56. The van der Waals surface area contributed by atoms with E-state index >= 15 is 0 Å². The largest absolute Gasteiger partial charge is 0.573 e. The van der Waals surface area contributed by atoms with Gasteiger partial charge < -0.3 is 10.5 Å². The van der Waals surface area contributed by atoms with E-state index in [2.05, 4.69) is 4.74 Å². The van der Waals surface area contributed by atoms with Crippen LogP contribution in [0.1, 0.15) is 24.8 Å². The lowest BCUT2D eigenvalue weighted by Gasteiger charge is -2.12. The van der Waals surface area contributed by atoms with Crippen LogP contribution in [-0.2, 0) is 6.42 Å². The molecule has 2 nitrogen and oxygen atoms in total. The van der Waals surface area contributed by atoms with Crippen LogP contribution < -0.4 is 10.5 Å². The highest BCUT2D eigenvalue weighted by atomic mass is 19.4. The van der Waals surface area contributed by atoms with Gasteiger partial charge in [-0.25, -0.2) is 0 Å². The van der Waals surface area contributed by atoms with E-state index in [1.54, 1.807) is 12.1 Å². The molecule has 0 fully saturated rings. The Morgan fingerprint density at radius 1 is 1.06 bits per heavy atom. The number of rotatable bonds is 6. The van der Waals surface area contributed by atoms with Crippen molar-refractivity contribution in [1.82, 2.24) is 0 Å². The van der Waals surface area contributed by atoms with Gasteiger partial charge in [0.15, 0.2) is 0 Å². The summed E-state index contributed by atoms with van der Waals surface area (Å²) in [5, 5.41) is 0. The highest BCUT2D eigenvalue weighted by Crippen LogP contribution is 2.27. The van der Waals surface area contributed by atoms with Crippen LogP contribution in [0.4, 0.5) is 13.2 Å². The van der Waals surface area contributed by atoms with Crippen molar-refractivity contribution in [2.45, 2.75) is 32.0 Å². The smallest absolute Gasteiger partial charge is 0.406 e. The van der Waals surface area contributed by atoms with Gasteiger partial charge in [-0.1, -0.05) is 24.6 Å². The van der Waals surface area contributed by atoms with Crippen LogP contribution in [0.5, 0.6) is 5.75 Å². The van der Waals surface area contributed by atoms with Crippen LogP contribution in [0, 0.1) is 0 Å². The molecule has 0 bridgehead atoms. The maximum atomic E-state index is 12.1. The SMILES string of the molecule is NCCCCCc1ccccc1OC(F)(F)F. The lowest BCUT2D eigenvalue weighted by molar-refractivity contribution is -0.274. The number of unbranched alkanes of at least 4 members (excludes halogenated alkanes) is 2. The van der Waals surface area contributed by atoms with E-state index in [0.29, 0.717) is 18.5 Å². The maximum absolute atomic E-state index is 12.1. The fourth-order valence-corrected chi connectivity index (χ4v) is 1.57. The Morgan fingerprint density at radius 3 is 2.41 bits per heavy atom. The lowest BCUT2D eigenvalue weighted by Crippen LogP contribution is -2.18. The Balaban J connectivity index is 2.58. The van der Waals surface area contributed by atoms with Crippen LogP contribution in [0.15, 0.2) is 24.3 Å². The van der Waals surface area contributed by atoms with E-state index in [1.807, 2.05) is 0 Å². The molecule has 0 radical (unpaired) electrons. The van der Waals surface area contributed by atoms with Gasteiger partial charge in [0, 0.05) is 0 Å². The van der Waals surface area contributed by atoms with Gasteiger partial charge in [0.1, 0.15) is 5.75 Å². The molecule has 1 rings (SSSR count). The number of aryl methyl sites for hydroxylation is 1. The van der Waals surface area contributed by atoms with Gasteiger partial charge in [0.25, 0.3) is 0 Å². The summed E-state index contributed by atoms with van der Waals surface area (Å²) < 4.78 is 40.3. The van der Waals surface area contributed by atoms with Crippen molar-refractivity contribution in [2.24, 2.45) is 5.73 Å². The molecule has 0 saturated carbocycles. The molecule has 0 heterocycles. The molecule has 2 N–H and O–H groups in total. The van der Waals surface area contributed by atoms with Crippen LogP contribution in [0.25, 0.3) is 0 Å². The predicted octanol–water partition coefficient (Wildman–Crippen LogP) is 3.26. The van der Waals surface area contributed by atoms with Gasteiger partial charge in [-0.3, -0.25) is 0 Å². The third-order valence-electron chi connectivity index (χ3n) is 2.35. The van der Waals surface area contributed by atoms with Crippen molar-refractivity contribution in [3.05, 3.63) is 29.8 Å². The fourth-order valence-electron chi connectivity index (χ4n) is 1.57. The summed E-state index contributed by atoms with van der Waals surface area (Å²) in [5.41, 5.74) is 5.93. The highest BCUT2D eigenvalue weighted by Gasteiger charge is 2.31. The minimum Gasteiger partial charge on any atom is -0.406 e. The fraction of sp³-hybridized carbons (Fsp3) is 0.500. The Morgan fingerprint density at radius 2 is 1.76 bits per heavy atom. The molecule has 0 amide bonds. The molecule has 1 aromatic rings. The molecule has 0 atom stereocenters. The Hall–Kier alpha value is -1.23. The number of hydrogen-bond acceptors (Lipinski definition) is 2. The predicted molar refractivity (Wildman–Crippen MR) is 59.7 cm³/mol. The first kappa shape index (κ1) is 13.8. The molecule has 1 aromatic carbocycles. The second-order valence-electron chi connectivity index (χ2n) is 3.75. The second kappa shape index (κ2) is 6.49. The quantitative estimate of drug-likeness (QED) is 0.783. The molecular weight excluding hydrogens is 231 g/mol. The minimum absolute atomic E-state index is 0.104. The molecule has 0 spiro atoms. The summed E-state index contributed by atoms with van der Waals surface area (Å²) in [4.78, 5) is 0. The zero-order valence-electron chi connectivity index (χ0n) is 9.46. The van der Waals surface area contributed by atoms with Crippen LogP contribution in [-0.4, -0.2) is 12.9 Å². The van der Waals surface area contributed by atoms with Crippen molar-refractivity contribution in [3.8, 4) is 5.75 Å². The Bertz CT molecular complexity index is 339. The van der Waals surface area contributed by atoms with Crippen molar-refractivity contribution >= 4 is 0 Å². The number of hydrogen-bond donors (Lipinski definition) is 1. The van der Waals surface area contributed by atoms with Gasteiger partial charge >= 0.3 is 6.36 Å². The van der Waals surface area contributed by atoms with E-state index in [-0.39, 0.29) is 5.75 Å². The average Bonchev–Trinajstić information content (AvgIpc) is 2.24. The van der Waals surface area contributed by atoms with Gasteiger partial charge in [0.05, 0.1) is 0 Å². The standard InChI is InChI=1S/C12H16F3NO/c13-12(14,15)17-11-8-4-3-7-10(11)6-2-1-5-9-16/h3-4,7-8H,1-2,5-6,9,16H2. The van der Waals surface area contributed by atoms with E-state index in [9.17, 15) is 13.2 Å². The summed E-state index contributed by atoms with van der Waals surface area (Å²) >= 11 is 0. The number of halogens is 3. The zero-order valence-corrected chi connectivity index (χ0v) is 9.46. The van der Waals surface area contributed by atoms with Crippen molar-refractivity contribution in [2.75, 3.05) is 6.54 Å². The van der Waals surface area contributed by atoms with Crippen LogP contribution in [0.3, 0.4) is 0 Å². The highest BCUT2D eigenvalue weighted by molar-refractivity contribution is 5.33. The Kier molecular flexibility index (Phi) is 5.28. The summed E-state index contributed by atoms with van der Waals surface area (Å²) in [6, 6.07) is 6.24. The zero-order chi connectivity index (χ0) is 12.7. The summed E-state index contributed by atoms with van der Waals surface area (Å²) in [6.07, 6.45) is -1.44. The third-order valence-corrected chi connectivity index (χ3v) is 2.35.